The molecule has 2 heterocycles. The molecule has 8 nitrogen and oxygen atoms in total. The Bertz CT molecular complexity index is 875. The van der Waals surface area contributed by atoms with E-state index in [1.807, 2.05) is 0 Å². The van der Waals surface area contributed by atoms with E-state index in [-0.39, 0.29) is 31.1 Å². The Kier molecular flexibility index (Phi) is 6.50. The number of halogens is 1. The highest BCUT2D eigenvalue weighted by Crippen LogP contribution is 2.21. The van der Waals surface area contributed by atoms with Crippen LogP contribution in [-0.4, -0.2) is 64.9 Å². The summed E-state index contributed by atoms with van der Waals surface area (Å²) in [5.41, 5.74) is 6.08. The molecule has 2 aromatic rings. The number of aromatic nitrogens is 1. The summed E-state index contributed by atoms with van der Waals surface area (Å²) in [5.74, 6) is -1.79. The SMILES string of the molecule is NCCNC(=O)C1N(C(=O)c2ccncc2)CCCN1C(=O)c1ccc(F)cc1. The van der Waals surface area contributed by atoms with Crippen LogP contribution in [0.25, 0.3) is 0 Å². The molecular formula is C20H22FN5O3. The zero-order valence-corrected chi connectivity index (χ0v) is 15.8. The Morgan fingerprint density at radius 2 is 1.55 bits per heavy atom. The Morgan fingerprint density at radius 1 is 1.00 bits per heavy atom. The van der Waals surface area contributed by atoms with Gasteiger partial charge in [0.1, 0.15) is 5.82 Å². The van der Waals surface area contributed by atoms with Gasteiger partial charge in [0.25, 0.3) is 17.7 Å². The second-order valence-corrected chi connectivity index (χ2v) is 6.55. The van der Waals surface area contributed by atoms with Crippen LogP contribution in [0.5, 0.6) is 0 Å². The van der Waals surface area contributed by atoms with Gasteiger partial charge in [0.15, 0.2) is 6.17 Å². The molecule has 1 saturated heterocycles. The topological polar surface area (TPSA) is 109 Å². The van der Waals surface area contributed by atoms with Crippen molar-refractivity contribution < 1.29 is 18.8 Å². The monoisotopic (exact) mass is 399 g/mol. The van der Waals surface area contributed by atoms with Crippen molar-refractivity contribution in [3.05, 3.63) is 65.7 Å². The molecule has 1 unspecified atom stereocenters. The van der Waals surface area contributed by atoms with Gasteiger partial charge in [0, 0.05) is 49.7 Å². The number of carbonyl (C=O) groups is 3. The van der Waals surface area contributed by atoms with Crippen molar-refractivity contribution in [2.45, 2.75) is 12.6 Å². The van der Waals surface area contributed by atoms with Gasteiger partial charge in [-0.1, -0.05) is 0 Å². The number of hydrogen-bond donors (Lipinski definition) is 2. The lowest BCUT2D eigenvalue weighted by Gasteiger charge is -2.42. The van der Waals surface area contributed by atoms with Gasteiger partial charge in [-0.2, -0.15) is 0 Å². The Morgan fingerprint density at radius 3 is 2.10 bits per heavy atom. The van der Waals surface area contributed by atoms with Crippen molar-refractivity contribution in [2.75, 3.05) is 26.2 Å². The number of nitrogens with two attached hydrogens (primary N) is 1. The lowest BCUT2D eigenvalue weighted by atomic mass is 10.1. The maximum Gasteiger partial charge on any atom is 0.263 e. The molecule has 1 fully saturated rings. The minimum absolute atomic E-state index is 0.213. The van der Waals surface area contributed by atoms with Crippen LogP contribution in [0.1, 0.15) is 27.1 Å². The fourth-order valence-electron chi connectivity index (χ4n) is 3.24. The van der Waals surface area contributed by atoms with E-state index in [0.29, 0.717) is 18.5 Å². The zero-order chi connectivity index (χ0) is 20.8. The Hall–Kier alpha value is -3.33. The highest BCUT2D eigenvalue weighted by atomic mass is 19.1. The first-order chi connectivity index (χ1) is 14.0. The highest BCUT2D eigenvalue weighted by molar-refractivity contribution is 6.01. The first kappa shape index (κ1) is 20.4. The molecule has 3 rings (SSSR count). The smallest absolute Gasteiger partial charge is 0.263 e. The lowest BCUT2D eigenvalue weighted by Crippen LogP contribution is -2.63. The third kappa shape index (κ3) is 4.57. The van der Waals surface area contributed by atoms with Gasteiger partial charge in [0.05, 0.1) is 0 Å². The van der Waals surface area contributed by atoms with E-state index >= 15 is 0 Å². The third-order valence-electron chi connectivity index (χ3n) is 4.61. The van der Waals surface area contributed by atoms with Crippen LogP contribution in [0.3, 0.4) is 0 Å². The molecule has 0 saturated carbocycles. The largest absolute Gasteiger partial charge is 0.351 e. The summed E-state index contributed by atoms with van der Waals surface area (Å²) in [4.78, 5) is 45.6. The summed E-state index contributed by atoms with van der Waals surface area (Å²) in [7, 11) is 0. The molecule has 3 amide bonds. The van der Waals surface area contributed by atoms with E-state index in [9.17, 15) is 18.8 Å². The van der Waals surface area contributed by atoms with E-state index in [4.69, 9.17) is 5.73 Å². The molecule has 1 aliphatic heterocycles. The summed E-state index contributed by atoms with van der Waals surface area (Å²) >= 11 is 0. The minimum Gasteiger partial charge on any atom is -0.351 e. The van der Waals surface area contributed by atoms with Gasteiger partial charge in [-0.3, -0.25) is 19.4 Å². The summed E-state index contributed by atoms with van der Waals surface area (Å²) in [6.45, 7) is 1.04. The van der Waals surface area contributed by atoms with Crippen molar-refractivity contribution in [3.63, 3.8) is 0 Å². The summed E-state index contributed by atoms with van der Waals surface area (Å²) < 4.78 is 13.2. The van der Waals surface area contributed by atoms with Crippen LogP contribution >= 0.6 is 0 Å². The normalized spacial score (nSPS) is 16.4. The van der Waals surface area contributed by atoms with Crippen LogP contribution in [-0.2, 0) is 4.79 Å². The molecule has 152 valence electrons. The van der Waals surface area contributed by atoms with Gasteiger partial charge < -0.3 is 20.9 Å². The van der Waals surface area contributed by atoms with Crippen molar-refractivity contribution in [2.24, 2.45) is 5.73 Å². The Balaban J connectivity index is 1.93. The molecule has 9 heteroatoms. The molecule has 1 aliphatic rings. The molecule has 0 radical (unpaired) electrons. The first-order valence-corrected chi connectivity index (χ1v) is 9.28. The number of pyridine rings is 1. The standard InChI is InChI=1S/C20H22FN5O3/c21-16-4-2-14(3-5-16)19(28)25-12-1-13-26(18(25)17(27)24-11-8-22)20(29)15-6-9-23-10-7-15/h2-7,9-10,18H,1,8,11-13,22H2,(H,24,27). The van der Waals surface area contributed by atoms with Crippen molar-refractivity contribution >= 4 is 17.7 Å². The number of nitrogens with one attached hydrogen (secondary N) is 1. The average molecular weight is 399 g/mol. The van der Waals surface area contributed by atoms with Gasteiger partial charge in [-0.05, 0) is 42.8 Å². The fourth-order valence-corrected chi connectivity index (χ4v) is 3.24. The van der Waals surface area contributed by atoms with Crippen molar-refractivity contribution in [1.82, 2.24) is 20.1 Å². The second-order valence-electron chi connectivity index (χ2n) is 6.55. The van der Waals surface area contributed by atoms with E-state index in [0.717, 1.165) is 0 Å². The maximum atomic E-state index is 13.2. The van der Waals surface area contributed by atoms with Crippen LogP contribution < -0.4 is 11.1 Å². The number of rotatable bonds is 5. The molecule has 0 spiro atoms. The molecule has 29 heavy (non-hydrogen) atoms. The lowest BCUT2D eigenvalue weighted by molar-refractivity contribution is -0.132. The van der Waals surface area contributed by atoms with E-state index in [1.54, 1.807) is 12.1 Å². The average Bonchev–Trinajstić information content (AvgIpc) is 2.77. The van der Waals surface area contributed by atoms with Gasteiger partial charge >= 0.3 is 0 Å². The molecule has 1 aromatic heterocycles. The molecule has 1 atom stereocenters. The number of amides is 3. The summed E-state index contributed by atoms with van der Waals surface area (Å²) in [6, 6.07) is 8.18. The van der Waals surface area contributed by atoms with Crippen LogP contribution in [0.4, 0.5) is 4.39 Å². The number of carbonyl (C=O) groups excluding carboxylic acids is 3. The summed E-state index contributed by atoms with van der Waals surface area (Å²) in [6.07, 6.45) is 2.35. The number of nitrogens with zero attached hydrogens (tertiary/aromatic N) is 3. The molecular weight excluding hydrogens is 377 g/mol. The zero-order valence-electron chi connectivity index (χ0n) is 15.8. The molecule has 0 aliphatic carbocycles. The predicted molar refractivity (Wildman–Crippen MR) is 103 cm³/mol. The molecule has 1 aromatic carbocycles. The maximum absolute atomic E-state index is 13.2. The quantitative estimate of drug-likeness (QED) is 0.766. The second kappa shape index (κ2) is 9.24. The van der Waals surface area contributed by atoms with E-state index < -0.39 is 23.8 Å². The minimum atomic E-state index is -1.13. The van der Waals surface area contributed by atoms with Gasteiger partial charge in [-0.15, -0.1) is 0 Å². The van der Waals surface area contributed by atoms with Crippen molar-refractivity contribution in [1.29, 1.82) is 0 Å². The Labute approximate surface area is 167 Å². The first-order valence-electron chi connectivity index (χ1n) is 9.28. The van der Waals surface area contributed by atoms with Crippen LogP contribution in [0.2, 0.25) is 0 Å². The molecule has 3 N–H and O–H groups in total. The number of hydrogen-bond acceptors (Lipinski definition) is 5. The van der Waals surface area contributed by atoms with Crippen LogP contribution in [0, 0.1) is 5.82 Å². The van der Waals surface area contributed by atoms with Crippen LogP contribution in [0.15, 0.2) is 48.8 Å². The molecule has 0 bridgehead atoms. The number of benzene rings is 1. The third-order valence-corrected chi connectivity index (χ3v) is 4.61. The predicted octanol–water partition coefficient (Wildman–Crippen LogP) is 0.610. The van der Waals surface area contributed by atoms with Gasteiger partial charge in [-0.25, -0.2) is 4.39 Å². The van der Waals surface area contributed by atoms with Gasteiger partial charge in [0.2, 0.25) is 0 Å². The van der Waals surface area contributed by atoms with E-state index in [2.05, 4.69) is 10.3 Å². The fraction of sp³-hybridized carbons (Fsp3) is 0.300. The summed E-state index contributed by atoms with van der Waals surface area (Å²) in [5, 5.41) is 2.66. The van der Waals surface area contributed by atoms with Crippen molar-refractivity contribution in [3.8, 4) is 0 Å². The van der Waals surface area contributed by atoms with E-state index in [1.165, 1.54) is 46.5 Å². The highest BCUT2D eigenvalue weighted by Gasteiger charge is 2.40.